The maximum atomic E-state index is 5.17. The zero-order chi connectivity index (χ0) is 12.0. The molecule has 1 saturated heterocycles. The SMILES string of the molecule is COCCN(CC(C)=C1CNC1)CC(C)C. The van der Waals surface area contributed by atoms with Crippen molar-refractivity contribution in [1.82, 2.24) is 10.2 Å². The molecule has 0 saturated carbocycles. The predicted octanol–water partition coefficient (Wildman–Crippen LogP) is 1.51. The first-order chi connectivity index (χ1) is 7.63. The lowest BCUT2D eigenvalue weighted by molar-refractivity contribution is 0.145. The van der Waals surface area contributed by atoms with E-state index in [2.05, 4.69) is 31.0 Å². The summed E-state index contributed by atoms with van der Waals surface area (Å²) in [4.78, 5) is 2.49. The van der Waals surface area contributed by atoms with Crippen LogP contribution in [0.2, 0.25) is 0 Å². The van der Waals surface area contributed by atoms with Gasteiger partial charge in [-0.2, -0.15) is 0 Å². The second-order valence-corrected chi connectivity index (χ2v) is 5.11. The van der Waals surface area contributed by atoms with E-state index in [1.165, 1.54) is 5.57 Å². The molecule has 0 aromatic heterocycles. The van der Waals surface area contributed by atoms with Gasteiger partial charge in [-0.05, 0) is 18.4 Å². The number of methoxy groups -OCH3 is 1. The first-order valence-electron chi connectivity index (χ1n) is 6.23. The Bertz CT molecular complexity index is 230. The standard InChI is InChI=1S/C13H26N2O/c1-11(2)9-15(5-6-16-4)10-12(3)13-7-14-8-13/h11,14H,5-10H2,1-4H3. The number of hydrogen-bond acceptors (Lipinski definition) is 3. The minimum absolute atomic E-state index is 0.717. The van der Waals surface area contributed by atoms with E-state index in [9.17, 15) is 0 Å². The highest BCUT2D eigenvalue weighted by Crippen LogP contribution is 2.11. The molecule has 0 unspecified atom stereocenters. The fourth-order valence-electron chi connectivity index (χ4n) is 1.97. The van der Waals surface area contributed by atoms with E-state index < -0.39 is 0 Å². The lowest BCUT2D eigenvalue weighted by Gasteiger charge is -2.28. The Balaban J connectivity index is 2.41. The summed E-state index contributed by atoms with van der Waals surface area (Å²) in [5, 5.41) is 3.30. The molecule has 0 aromatic carbocycles. The quantitative estimate of drug-likeness (QED) is 0.666. The molecular formula is C13H26N2O. The molecule has 0 aliphatic carbocycles. The molecule has 0 bridgehead atoms. The van der Waals surface area contributed by atoms with Gasteiger partial charge in [0.05, 0.1) is 6.61 Å². The Labute approximate surface area is 99.8 Å². The third-order valence-electron chi connectivity index (χ3n) is 2.98. The third kappa shape index (κ3) is 4.64. The highest BCUT2D eigenvalue weighted by atomic mass is 16.5. The topological polar surface area (TPSA) is 24.5 Å². The normalized spacial score (nSPS) is 15.8. The van der Waals surface area contributed by atoms with Gasteiger partial charge in [-0.3, -0.25) is 4.90 Å². The smallest absolute Gasteiger partial charge is 0.0589 e. The molecule has 1 aliphatic rings. The first-order valence-corrected chi connectivity index (χ1v) is 6.23. The molecule has 3 nitrogen and oxygen atoms in total. The Morgan fingerprint density at radius 2 is 2.12 bits per heavy atom. The van der Waals surface area contributed by atoms with E-state index >= 15 is 0 Å². The van der Waals surface area contributed by atoms with E-state index in [1.54, 1.807) is 12.7 Å². The zero-order valence-corrected chi connectivity index (χ0v) is 11.2. The molecule has 1 aliphatic heterocycles. The Hall–Kier alpha value is -0.380. The van der Waals surface area contributed by atoms with Gasteiger partial charge in [-0.1, -0.05) is 19.4 Å². The number of nitrogens with zero attached hydrogens (tertiary/aromatic N) is 1. The summed E-state index contributed by atoms with van der Waals surface area (Å²) >= 11 is 0. The second-order valence-electron chi connectivity index (χ2n) is 5.11. The summed E-state index contributed by atoms with van der Waals surface area (Å²) in [6.07, 6.45) is 0. The van der Waals surface area contributed by atoms with Crippen LogP contribution in [0, 0.1) is 5.92 Å². The van der Waals surface area contributed by atoms with Crippen LogP contribution in [0.3, 0.4) is 0 Å². The van der Waals surface area contributed by atoms with Crippen molar-refractivity contribution < 1.29 is 4.74 Å². The van der Waals surface area contributed by atoms with E-state index in [-0.39, 0.29) is 0 Å². The third-order valence-corrected chi connectivity index (χ3v) is 2.98. The van der Waals surface area contributed by atoms with Gasteiger partial charge in [0.1, 0.15) is 0 Å². The van der Waals surface area contributed by atoms with Crippen molar-refractivity contribution in [2.24, 2.45) is 5.92 Å². The molecule has 1 rings (SSSR count). The van der Waals surface area contributed by atoms with Crippen molar-refractivity contribution in [2.75, 3.05) is 46.4 Å². The largest absolute Gasteiger partial charge is 0.383 e. The van der Waals surface area contributed by atoms with Gasteiger partial charge in [-0.25, -0.2) is 0 Å². The maximum absolute atomic E-state index is 5.17. The van der Waals surface area contributed by atoms with Gasteiger partial charge in [0.15, 0.2) is 0 Å². The summed E-state index contributed by atoms with van der Waals surface area (Å²) in [6.45, 7) is 13.1. The van der Waals surface area contributed by atoms with Crippen LogP contribution < -0.4 is 5.32 Å². The van der Waals surface area contributed by atoms with Crippen molar-refractivity contribution >= 4 is 0 Å². The van der Waals surface area contributed by atoms with Gasteiger partial charge in [0.2, 0.25) is 0 Å². The summed E-state index contributed by atoms with van der Waals surface area (Å²) in [7, 11) is 1.77. The number of rotatable bonds is 7. The summed E-state index contributed by atoms with van der Waals surface area (Å²) in [6, 6.07) is 0. The molecule has 1 N–H and O–H groups in total. The Morgan fingerprint density at radius 3 is 2.56 bits per heavy atom. The number of hydrogen-bond donors (Lipinski definition) is 1. The lowest BCUT2D eigenvalue weighted by Crippen LogP contribution is -2.38. The van der Waals surface area contributed by atoms with Gasteiger partial charge in [0, 0.05) is 39.8 Å². The highest BCUT2D eigenvalue weighted by molar-refractivity contribution is 5.22. The van der Waals surface area contributed by atoms with Crippen molar-refractivity contribution in [1.29, 1.82) is 0 Å². The maximum Gasteiger partial charge on any atom is 0.0589 e. The van der Waals surface area contributed by atoms with Crippen LogP contribution in [0.25, 0.3) is 0 Å². The molecular weight excluding hydrogens is 200 g/mol. The van der Waals surface area contributed by atoms with Crippen molar-refractivity contribution in [3.8, 4) is 0 Å². The molecule has 1 fully saturated rings. The Morgan fingerprint density at radius 1 is 1.44 bits per heavy atom. The molecule has 0 amide bonds. The molecule has 0 aromatic rings. The van der Waals surface area contributed by atoms with E-state index in [0.717, 1.165) is 39.3 Å². The first kappa shape index (κ1) is 13.7. The van der Waals surface area contributed by atoms with Gasteiger partial charge < -0.3 is 10.1 Å². The van der Waals surface area contributed by atoms with E-state index in [4.69, 9.17) is 4.74 Å². The van der Waals surface area contributed by atoms with Crippen LogP contribution in [0.1, 0.15) is 20.8 Å². The number of ether oxygens (including phenoxy) is 1. The summed E-state index contributed by atoms with van der Waals surface area (Å²) < 4.78 is 5.17. The van der Waals surface area contributed by atoms with Crippen LogP contribution >= 0.6 is 0 Å². The minimum atomic E-state index is 0.717. The van der Waals surface area contributed by atoms with Gasteiger partial charge >= 0.3 is 0 Å². The van der Waals surface area contributed by atoms with E-state index in [1.807, 2.05) is 0 Å². The molecule has 16 heavy (non-hydrogen) atoms. The average Bonchev–Trinajstić information content (AvgIpc) is 2.10. The zero-order valence-electron chi connectivity index (χ0n) is 11.2. The predicted molar refractivity (Wildman–Crippen MR) is 68.7 cm³/mol. The molecule has 0 atom stereocenters. The van der Waals surface area contributed by atoms with Crippen molar-refractivity contribution in [2.45, 2.75) is 20.8 Å². The van der Waals surface area contributed by atoms with Crippen LogP contribution in [0.4, 0.5) is 0 Å². The fourth-order valence-corrected chi connectivity index (χ4v) is 1.97. The van der Waals surface area contributed by atoms with Crippen LogP contribution in [0.5, 0.6) is 0 Å². The van der Waals surface area contributed by atoms with Crippen LogP contribution in [0.15, 0.2) is 11.1 Å². The molecule has 94 valence electrons. The summed E-state index contributed by atoms with van der Waals surface area (Å²) in [5.74, 6) is 0.717. The number of nitrogens with one attached hydrogen (secondary N) is 1. The fraction of sp³-hybridized carbons (Fsp3) is 0.846. The molecule has 3 heteroatoms. The second kappa shape index (κ2) is 7.05. The highest BCUT2D eigenvalue weighted by Gasteiger charge is 2.14. The van der Waals surface area contributed by atoms with Crippen LogP contribution in [-0.4, -0.2) is 51.3 Å². The van der Waals surface area contributed by atoms with Gasteiger partial charge in [0.25, 0.3) is 0 Å². The van der Waals surface area contributed by atoms with Crippen LogP contribution in [-0.2, 0) is 4.74 Å². The molecule has 0 spiro atoms. The van der Waals surface area contributed by atoms with Gasteiger partial charge in [-0.15, -0.1) is 0 Å². The lowest BCUT2D eigenvalue weighted by atomic mass is 10.0. The Kier molecular flexibility index (Phi) is 6.03. The molecule has 1 heterocycles. The average molecular weight is 226 g/mol. The van der Waals surface area contributed by atoms with Crippen molar-refractivity contribution in [3.05, 3.63) is 11.1 Å². The van der Waals surface area contributed by atoms with Crippen molar-refractivity contribution in [3.63, 3.8) is 0 Å². The molecule has 0 radical (unpaired) electrons. The monoisotopic (exact) mass is 226 g/mol. The summed E-state index contributed by atoms with van der Waals surface area (Å²) in [5.41, 5.74) is 3.13. The van der Waals surface area contributed by atoms with E-state index in [0.29, 0.717) is 5.92 Å². The minimum Gasteiger partial charge on any atom is -0.383 e.